The van der Waals surface area contributed by atoms with Gasteiger partial charge in [0.2, 0.25) is 0 Å². The third-order valence-corrected chi connectivity index (χ3v) is 4.24. The normalized spacial score (nSPS) is 15.3. The van der Waals surface area contributed by atoms with Crippen molar-refractivity contribution in [3.8, 4) is 11.5 Å². The Bertz CT molecular complexity index is 817. The molecule has 0 unspecified atom stereocenters. The fourth-order valence-corrected chi connectivity index (χ4v) is 2.74. The summed E-state index contributed by atoms with van der Waals surface area (Å²) < 4.78 is 11.1. The van der Waals surface area contributed by atoms with Gasteiger partial charge < -0.3 is 20.1 Å². The van der Waals surface area contributed by atoms with Crippen LogP contribution in [-0.2, 0) is 4.79 Å². The molecule has 0 aromatic heterocycles. The first kappa shape index (κ1) is 18.8. The van der Waals surface area contributed by atoms with Gasteiger partial charge in [0.15, 0.2) is 11.9 Å². The van der Waals surface area contributed by atoms with E-state index in [1.165, 1.54) is 0 Å². The SMILES string of the molecule is CCCOc1ccc(C(=O)CCNc2ccc3c(c2)NC(=O)[C@@H](C)O3)cc1. The summed E-state index contributed by atoms with van der Waals surface area (Å²) in [4.78, 5) is 24.0. The summed E-state index contributed by atoms with van der Waals surface area (Å²) in [5.41, 5.74) is 2.13. The van der Waals surface area contributed by atoms with Gasteiger partial charge in [-0.2, -0.15) is 0 Å². The number of hydrogen-bond donors (Lipinski definition) is 2. The largest absolute Gasteiger partial charge is 0.494 e. The first-order valence-electron chi connectivity index (χ1n) is 9.18. The average molecular weight is 368 g/mol. The van der Waals surface area contributed by atoms with Crippen LogP contribution in [0.15, 0.2) is 42.5 Å². The van der Waals surface area contributed by atoms with E-state index < -0.39 is 6.10 Å². The summed E-state index contributed by atoms with van der Waals surface area (Å²) in [6.07, 6.45) is 0.823. The Kier molecular flexibility index (Phi) is 5.96. The number of benzene rings is 2. The zero-order valence-corrected chi connectivity index (χ0v) is 15.6. The van der Waals surface area contributed by atoms with Crippen molar-refractivity contribution in [1.82, 2.24) is 0 Å². The number of hydrogen-bond acceptors (Lipinski definition) is 5. The zero-order valence-electron chi connectivity index (χ0n) is 15.6. The van der Waals surface area contributed by atoms with E-state index in [0.717, 1.165) is 17.9 Å². The highest BCUT2D eigenvalue weighted by Crippen LogP contribution is 2.32. The maximum Gasteiger partial charge on any atom is 0.265 e. The lowest BCUT2D eigenvalue weighted by molar-refractivity contribution is -0.122. The molecule has 142 valence electrons. The lowest BCUT2D eigenvalue weighted by atomic mass is 10.1. The molecule has 3 rings (SSSR count). The molecule has 27 heavy (non-hydrogen) atoms. The number of amides is 1. The number of carbonyl (C=O) groups is 2. The van der Waals surface area contributed by atoms with Gasteiger partial charge in [-0.15, -0.1) is 0 Å². The third kappa shape index (κ3) is 4.78. The van der Waals surface area contributed by atoms with E-state index in [9.17, 15) is 9.59 Å². The molecule has 0 bridgehead atoms. The van der Waals surface area contributed by atoms with Crippen LogP contribution >= 0.6 is 0 Å². The Morgan fingerprint density at radius 3 is 2.74 bits per heavy atom. The molecule has 0 aliphatic carbocycles. The molecule has 0 radical (unpaired) electrons. The van der Waals surface area contributed by atoms with Gasteiger partial charge in [-0.25, -0.2) is 0 Å². The van der Waals surface area contributed by atoms with Gasteiger partial charge in [-0.1, -0.05) is 6.92 Å². The van der Waals surface area contributed by atoms with E-state index in [0.29, 0.717) is 36.6 Å². The van der Waals surface area contributed by atoms with Crippen LogP contribution in [0.4, 0.5) is 11.4 Å². The molecule has 2 aromatic carbocycles. The van der Waals surface area contributed by atoms with Crippen LogP contribution < -0.4 is 20.1 Å². The van der Waals surface area contributed by atoms with Crippen molar-refractivity contribution in [2.45, 2.75) is 32.8 Å². The fourth-order valence-electron chi connectivity index (χ4n) is 2.74. The van der Waals surface area contributed by atoms with Crippen LogP contribution in [0.3, 0.4) is 0 Å². The second-order valence-electron chi connectivity index (χ2n) is 6.43. The molecule has 0 fully saturated rings. The Morgan fingerprint density at radius 1 is 1.22 bits per heavy atom. The standard InChI is InChI=1S/C21H24N2O4/c1-3-12-26-17-7-4-15(5-8-17)19(24)10-11-22-16-6-9-20-18(13-16)23-21(25)14(2)27-20/h4-9,13-14,22H,3,10-12H2,1-2H3,(H,23,25)/t14-/m1/s1. The molecule has 2 N–H and O–H groups in total. The minimum absolute atomic E-state index is 0.0629. The van der Waals surface area contributed by atoms with Crippen molar-refractivity contribution in [2.75, 3.05) is 23.8 Å². The minimum atomic E-state index is -0.493. The van der Waals surface area contributed by atoms with Crippen LogP contribution in [0.2, 0.25) is 0 Å². The summed E-state index contributed by atoms with van der Waals surface area (Å²) in [7, 11) is 0. The molecule has 1 amide bonds. The quantitative estimate of drug-likeness (QED) is 0.692. The molecule has 1 aliphatic heterocycles. The predicted molar refractivity (Wildman–Crippen MR) is 105 cm³/mol. The monoisotopic (exact) mass is 368 g/mol. The van der Waals surface area contributed by atoms with E-state index in [1.54, 1.807) is 19.1 Å². The second kappa shape index (κ2) is 8.58. The molecule has 1 atom stereocenters. The molecule has 6 heteroatoms. The van der Waals surface area contributed by atoms with Crippen LogP contribution in [0, 0.1) is 0 Å². The number of ketones is 1. The molecular weight excluding hydrogens is 344 g/mol. The van der Waals surface area contributed by atoms with Gasteiger partial charge in [0, 0.05) is 24.2 Å². The highest BCUT2D eigenvalue weighted by atomic mass is 16.5. The van der Waals surface area contributed by atoms with Gasteiger partial charge >= 0.3 is 0 Å². The molecule has 0 saturated carbocycles. The summed E-state index contributed by atoms with van der Waals surface area (Å²) in [6.45, 7) is 4.92. The highest BCUT2D eigenvalue weighted by molar-refractivity contribution is 5.98. The van der Waals surface area contributed by atoms with Crippen molar-refractivity contribution in [1.29, 1.82) is 0 Å². The Hall–Kier alpha value is -3.02. The highest BCUT2D eigenvalue weighted by Gasteiger charge is 2.23. The molecular formula is C21H24N2O4. The van der Waals surface area contributed by atoms with Crippen LogP contribution in [0.5, 0.6) is 11.5 Å². The molecule has 1 heterocycles. The van der Waals surface area contributed by atoms with E-state index in [-0.39, 0.29) is 11.7 Å². The summed E-state index contributed by atoms with van der Waals surface area (Å²) >= 11 is 0. The van der Waals surface area contributed by atoms with Crippen LogP contribution in [0.25, 0.3) is 0 Å². The number of nitrogens with one attached hydrogen (secondary N) is 2. The molecule has 2 aromatic rings. The number of rotatable bonds is 8. The molecule has 0 saturated heterocycles. The molecule has 1 aliphatic rings. The summed E-state index contributed by atoms with van der Waals surface area (Å²) in [5.74, 6) is 1.32. The van der Waals surface area contributed by atoms with Crippen LogP contribution in [-0.4, -0.2) is 30.9 Å². The fraction of sp³-hybridized carbons (Fsp3) is 0.333. The van der Waals surface area contributed by atoms with Gasteiger partial charge in [-0.05, 0) is 55.8 Å². The molecule has 6 nitrogen and oxygen atoms in total. The van der Waals surface area contributed by atoms with Gasteiger partial charge in [-0.3, -0.25) is 9.59 Å². The first-order chi connectivity index (χ1) is 13.1. The Morgan fingerprint density at radius 2 is 2.00 bits per heavy atom. The summed E-state index contributed by atoms with van der Waals surface area (Å²) in [5, 5.41) is 6.02. The van der Waals surface area contributed by atoms with Gasteiger partial charge in [0.25, 0.3) is 5.91 Å². The summed E-state index contributed by atoms with van der Waals surface area (Å²) in [6, 6.07) is 12.7. The van der Waals surface area contributed by atoms with E-state index in [1.807, 2.05) is 30.3 Å². The van der Waals surface area contributed by atoms with Crippen molar-refractivity contribution in [2.24, 2.45) is 0 Å². The van der Waals surface area contributed by atoms with Gasteiger partial charge in [0.1, 0.15) is 11.5 Å². The predicted octanol–water partition coefficient (Wildman–Crippen LogP) is 3.88. The smallest absolute Gasteiger partial charge is 0.265 e. The van der Waals surface area contributed by atoms with Crippen molar-refractivity contribution in [3.63, 3.8) is 0 Å². The zero-order chi connectivity index (χ0) is 19.2. The van der Waals surface area contributed by atoms with Crippen molar-refractivity contribution in [3.05, 3.63) is 48.0 Å². The number of Topliss-reactive ketones (excluding diaryl/α,β-unsaturated/α-hetero) is 1. The number of anilines is 2. The topological polar surface area (TPSA) is 76.7 Å². The Labute approximate surface area is 158 Å². The van der Waals surface area contributed by atoms with E-state index in [2.05, 4.69) is 17.6 Å². The van der Waals surface area contributed by atoms with Crippen molar-refractivity contribution >= 4 is 23.1 Å². The number of carbonyl (C=O) groups excluding carboxylic acids is 2. The lowest BCUT2D eigenvalue weighted by Gasteiger charge is -2.23. The number of fused-ring (bicyclic) bond motifs is 1. The molecule has 0 spiro atoms. The minimum Gasteiger partial charge on any atom is -0.494 e. The van der Waals surface area contributed by atoms with Gasteiger partial charge in [0.05, 0.1) is 12.3 Å². The second-order valence-corrected chi connectivity index (χ2v) is 6.43. The average Bonchev–Trinajstić information content (AvgIpc) is 2.67. The van der Waals surface area contributed by atoms with E-state index >= 15 is 0 Å². The Balaban J connectivity index is 1.51. The maximum atomic E-state index is 12.3. The van der Waals surface area contributed by atoms with Crippen LogP contribution in [0.1, 0.15) is 37.0 Å². The van der Waals surface area contributed by atoms with E-state index in [4.69, 9.17) is 9.47 Å². The first-order valence-corrected chi connectivity index (χ1v) is 9.18. The number of ether oxygens (including phenoxy) is 2. The lowest BCUT2D eigenvalue weighted by Crippen LogP contribution is -2.34. The third-order valence-electron chi connectivity index (χ3n) is 4.24. The maximum absolute atomic E-state index is 12.3. The van der Waals surface area contributed by atoms with Crippen molar-refractivity contribution < 1.29 is 19.1 Å².